The average Bonchev–Trinajstić information content (AvgIpc) is 2.42. The molecule has 0 fully saturated rings. The van der Waals surface area contributed by atoms with Crippen LogP contribution in [0.1, 0.15) is 21.5 Å². The van der Waals surface area contributed by atoms with Crippen molar-refractivity contribution in [3.05, 3.63) is 57.3 Å². The van der Waals surface area contributed by atoms with Crippen molar-refractivity contribution in [2.45, 2.75) is 13.8 Å². The summed E-state index contributed by atoms with van der Waals surface area (Å²) in [5, 5.41) is 12.4. The number of carbonyl (C=O) groups excluding carboxylic acids is 1. The second-order valence-electron chi connectivity index (χ2n) is 4.46. The van der Waals surface area contributed by atoms with E-state index in [0.29, 0.717) is 16.8 Å². The fraction of sp³-hybridized carbons (Fsp3) is 0.133. The third-order valence-electron chi connectivity index (χ3n) is 3.08. The van der Waals surface area contributed by atoms with Gasteiger partial charge in [0.15, 0.2) is 0 Å². The number of anilines is 1. The number of hydrogen-bond acceptors (Lipinski definition) is 2. The van der Waals surface area contributed by atoms with E-state index in [2.05, 4.69) is 21.2 Å². The zero-order valence-corrected chi connectivity index (χ0v) is 12.6. The lowest BCUT2D eigenvalue weighted by molar-refractivity contribution is 0.102. The molecule has 0 saturated carbocycles. The van der Waals surface area contributed by atoms with Crippen LogP contribution < -0.4 is 5.32 Å². The minimum atomic E-state index is -0.612. The molecular formula is C15H13BrFNO2. The molecule has 0 aliphatic carbocycles. The zero-order chi connectivity index (χ0) is 14.9. The van der Waals surface area contributed by atoms with Crippen LogP contribution in [0.2, 0.25) is 0 Å². The molecule has 0 radical (unpaired) electrons. The number of hydrogen-bond donors (Lipinski definition) is 2. The molecule has 0 saturated heterocycles. The van der Waals surface area contributed by atoms with Gasteiger partial charge in [0.1, 0.15) is 11.6 Å². The Morgan fingerprint density at radius 3 is 2.65 bits per heavy atom. The molecule has 0 aromatic heterocycles. The number of amides is 1. The van der Waals surface area contributed by atoms with E-state index in [9.17, 15) is 14.3 Å². The van der Waals surface area contributed by atoms with Gasteiger partial charge in [-0.05, 0) is 53.5 Å². The molecule has 2 rings (SSSR count). The first kappa shape index (κ1) is 14.5. The highest BCUT2D eigenvalue weighted by Crippen LogP contribution is 2.28. The van der Waals surface area contributed by atoms with Gasteiger partial charge in [-0.25, -0.2) is 4.39 Å². The summed E-state index contributed by atoms with van der Waals surface area (Å²) in [4.78, 5) is 12.1. The fourth-order valence-electron chi connectivity index (χ4n) is 1.84. The smallest absolute Gasteiger partial charge is 0.258 e. The highest BCUT2D eigenvalue weighted by atomic mass is 79.9. The van der Waals surface area contributed by atoms with Gasteiger partial charge in [-0.3, -0.25) is 4.79 Å². The Balaban J connectivity index is 2.33. The van der Waals surface area contributed by atoms with Crippen molar-refractivity contribution >= 4 is 27.5 Å². The molecule has 3 nitrogen and oxygen atoms in total. The van der Waals surface area contributed by atoms with Gasteiger partial charge in [0, 0.05) is 11.3 Å². The van der Waals surface area contributed by atoms with Gasteiger partial charge in [0.05, 0.1) is 10.0 Å². The maximum atomic E-state index is 13.8. The molecular weight excluding hydrogens is 325 g/mol. The van der Waals surface area contributed by atoms with E-state index < -0.39 is 11.7 Å². The second kappa shape index (κ2) is 5.63. The highest BCUT2D eigenvalue weighted by Gasteiger charge is 2.15. The number of carbonyl (C=O) groups is 1. The Kier molecular flexibility index (Phi) is 4.09. The standard InChI is InChI=1S/C15H13BrFNO2/c1-8-6-7-12(9(2)14(8)19)18-15(20)10-4-3-5-11(16)13(10)17/h3-7,19H,1-2H3,(H,18,20). The van der Waals surface area contributed by atoms with Crippen LogP contribution in [0, 0.1) is 19.7 Å². The molecule has 0 atom stereocenters. The topological polar surface area (TPSA) is 49.3 Å². The molecule has 2 aromatic carbocycles. The summed E-state index contributed by atoms with van der Waals surface area (Å²) in [5.74, 6) is -1.05. The molecule has 0 spiro atoms. The highest BCUT2D eigenvalue weighted by molar-refractivity contribution is 9.10. The summed E-state index contributed by atoms with van der Waals surface area (Å²) in [7, 11) is 0. The van der Waals surface area contributed by atoms with Crippen LogP contribution in [0.3, 0.4) is 0 Å². The summed E-state index contributed by atoms with van der Waals surface area (Å²) in [6.07, 6.45) is 0. The van der Waals surface area contributed by atoms with Crippen LogP contribution in [0.4, 0.5) is 10.1 Å². The lowest BCUT2D eigenvalue weighted by Gasteiger charge is -2.12. The number of aromatic hydroxyl groups is 1. The van der Waals surface area contributed by atoms with E-state index >= 15 is 0 Å². The average molecular weight is 338 g/mol. The molecule has 20 heavy (non-hydrogen) atoms. The van der Waals surface area contributed by atoms with E-state index in [1.54, 1.807) is 32.0 Å². The first-order valence-corrected chi connectivity index (χ1v) is 6.75. The van der Waals surface area contributed by atoms with Crippen LogP contribution in [0.5, 0.6) is 5.75 Å². The van der Waals surface area contributed by atoms with Crippen molar-refractivity contribution in [3.63, 3.8) is 0 Å². The maximum absolute atomic E-state index is 13.8. The second-order valence-corrected chi connectivity index (χ2v) is 5.31. The molecule has 0 aliphatic heterocycles. The number of nitrogens with one attached hydrogen (secondary N) is 1. The Hall–Kier alpha value is -1.88. The van der Waals surface area contributed by atoms with Gasteiger partial charge in [-0.15, -0.1) is 0 Å². The fourth-order valence-corrected chi connectivity index (χ4v) is 2.21. The quantitative estimate of drug-likeness (QED) is 0.864. The molecule has 2 aromatic rings. The van der Waals surface area contributed by atoms with Crippen molar-refractivity contribution in [2.75, 3.05) is 5.32 Å². The summed E-state index contributed by atoms with van der Waals surface area (Å²) in [6.45, 7) is 3.46. The third-order valence-corrected chi connectivity index (χ3v) is 3.69. The minimum Gasteiger partial charge on any atom is -0.507 e. The van der Waals surface area contributed by atoms with E-state index in [1.807, 2.05) is 0 Å². The van der Waals surface area contributed by atoms with Crippen LogP contribution in [-0.2, 0) is 0 Å². The van der Waals surface area contributed by atoms with Crippen LogP contribution in [-0.4, -0.2) is 11.0 Å². The normalized spacial score (nSPS) is 10.4. The molecule has 0 bridgehead atoms. The number of phenols is 1. The van der Waals surface area contributed by atoms with Crippen LogP contribution >= 0.6 is 15.9 Å². The number of phenolic OH excluding ortho intramolecular Hbond substituents is 1. The van der Waals surface area contributed by atoms with Gasteiger partial charge in [-0.2, -0.15) is 0 Å². The van der Waals surface area contributed by atoms with Crippen molar-refractivity contribution in [1.29, 1.82) is 0 Å². The van der Waals surface area contributed by atoms with E-state index in [-0.39, 0.29) is 15.8 Å². The van der Waals surface area contributed by atoms with Gasteiger partial charge < -0.3 is 10.4 Å². The Morgan fingerprint density at radius 2 is 1.95 bits per heavy atom. The summed E-state index contributed by atoms with van der Waals surface area (Å²) in [6, 6.07) is 7.88. The first-order chi connectivity index (χ1) is 9.41. The lowest BCUT2D eigenvalue weighted by atomic mass is 10.1. The van der Waals surface area contributed by atoms with Gasteiger partial charge in [0.2, 0.25) is 0 Å². The van der Waals surface area contributed by atoms with Gasteiger partial charge in [0.25, 0.3) is 5.91 Å². The number of aryl methyl sites for hydroxylation is 1. The summed E-state index contributed by atoms with van der Waals surface area (Å²) in [5.41, 5.74) is 1.67. The minimum absolute atomic E-state index is 0.0566. The molecule has 5 heteroatoms. The predicted octanol–water partition coefficient (Wildman–Crippen LogP) is 4.16. The van der Waals surface area contributed by atoms with Crippen molar-refractivity contribution in [2.24, 2.45) is 0 Å². The Labute approximate surface area is 124 Å². The SMILES string of the molecule is Cc1ccc(NC(=O)c2cccc(Br)c2F)c(C)c1O. The van der Waals surface area contributed by atoms with Crippen molar-refractivity contribution in [3.8, 4) is 5.75 Å². The Morgan fingerprint density at radius 1 is 1.25 bits per heavy atom. The lowest BCUT2D eigenvalue weighted by Crippen LogP contribution is -2.14. The number of halogens is 2. The van der Waals surface area contributed by atoms with Crippen LogP contribution in [0.15, 0.2) is 34.8 Å². The Bertz CT molecular complexity index is 686. The van der Waals surface area contributed by atoms with Crippen molar-refractivity contribution < 1.29 is 14.3 Å². The number of rotatable bonds is 2. The van der Waals surface area contributed by atoms with Crippen LogP contribution in [0.25, 0.3) is 0 Å². The zero-order valence-electron chi connectivity index (χ0n) is 11.0. The van der Waals surface area contributed by atoms with Gasteiger partial charge in [-0.1, -0.05) is 12.1 Å². The molecule has 1 amide bonds. The third kappa shape index (κ3) is 2.67. The summed E-state index contributed by atoms with van der Waals surface area (Å²) >= 11 is 3.04. The number of benzene rings is 2. The van der Waals surface area contributed by atoms with Crippen molar-refractivity contribution in [1.82, 2.24) is 0 Å². The predicted molar refractivity (Wildman–Crippen MR) is 79.6 cm³/mol. The summed E-state index contributed by atoms with van der Waals surface area (Å²) < 4.78 is 14.1. The molecule has 0 heterocycles. The first-order valence-electron chi connectivity index (χ1n) is 5.96. The largest absolute Gasteiger partial charge is 0.507 e. The molecule has 2 N–H and O–H groups in total. The van der Waals surface area contributed by atoms with E-state index in [4.69, 9.17) is 0 Å². The van der Waals surface area contributed by atoms with E-state index in [1.165, 1.54) is 12.1 Å². The monoisotopic (exact) mass is 337 g/mol. The molecule has 0 aliphatic rings. The molecule has 0 unspecified atom stereocenters. The maximum Gasteiger partial charge on any atom is 0.258 e. The van der Waals surface area contributed by atoms with E-state index in [0.717, 1.165) is 0 Å². The molecule has 104 valence electrons. The van der Waals surface area contributed by atoms with Gasteiger partial charge >= 0.3 is 0 Å².